The number of nitrogens with zero attached hydrogens (tertiary/aromatic N) is 1. The molecule has 7 heteroatoms. The number of anilines is 1. The van der Waals surface area contributed by atoms with Crippen molar-refractivity contribution in [2.75, 3.05) is 18.9 Å². The fraction of sp³-hybridized carbons (Fsp3) is 0.333. The monoisotopic (exact) mass is 224 g/mol. The molecule has 1 aromatic heterocycles. The van der Waals surface area contributed by atoms with Crippen molar-refractivity contribution in [3.05, 3.63) is 11.2 Å². The van der Waals surface area contributed by atoms with E-state index in [9.17, 15) is 4.79 Å². The minimum absolute atomic E-state index is 0. The smallest absolute Gasteiger partial charge is 0.239 e. The summed E-state index contributed by atoms with van der Waals surface area (Å²) in [6, 6.07) is 1.54. The van der Waals surface area contributed by atoms with Crippen LogP contribution in [0.2, 0.25) is 5.15 Å². The van der Waals surface area contributed by atoms with E-state index in [1.54, 1.807) is 7.05 Å². The molecule has 13 heavy (non-hydrogen) atoms. The third-order valence-electron chi connectivity index (χ3n) is 1.15. The highest BCUT2D eigenvalue weighted by molar-refractivity contribution is 6.29. The molecule has 3 N–H and O–H groups in total. The third kappa shape index (κ3) is 4.12. The van der Waals surface area contributed by atoms with Gasteiger partial charge in [-0.2, -0.15) is 5.10 Å². The van der Waals surface area contributed by atoms with Crippen LogP contribution in [-0.2, 0) is 4.79 Å². The number of carbonyl (C=O) groups is 1. The molecule has 0 aromatic carbocycles. The van der Waals surface area contributed by atoms with Crippen molar-refractivity contribution in [2.45, 2.75) is 0 Å². The molecule has 0 saturated heterocycles. The van der Waals surface area contributed by atoms with Gasteiger partial charge in [0.05, 0.1) is 6.54 Å². The maximum Gasteiger partial charge on any atom is 0.239 e. The zero-order chi connectivity index (χ0) is 8.97. The van der Waals surface area contributed by atoms with Crippen LogP contribution < -0.4 is 10.6 Å². The first-order chi connectivity index (χ1) is 5.72. The van der Waals surface area contributed by atoms with Gasteiger partial charge in [0.15, 0.2) is 5.82 Å². The van der Waals surface area contributed by atoms with Crippen LogP contribution in [0.5, 0.6) is 0 Å². The number of rotatable bonds is 3. The molecule has 0 aliphatic rings. The highest BCUT2D eigenvalue weighted by Crippen LogP contribution is 2.09. The van der Waals surface area contributed by atoms with Crippen molar-refractivity contribution in [3.63, 3.8) is 0 Å². The first-order valence-electron chi connectivity index (χ1n) is 3.37. The zero-order valence-electron chi connectivity index (χ0n) is 6.93. The molecule has 0 bridgehead atoms. The molecule has 1 aromatic rings. The van der Waals surface area contributed by atoms with Crippen LogP contribution in [0.15, 0.2) is 6.07 Å². The second-order valence-corrected chi connectivity index (χ2v) is 2.59. The van der Waals surface area contributed by atoms with Crippen LogP contribution in [0.3, 0.4) is 0 Å². The summed E-state index contributed by atoms with van der Waals surface area (Å²) in [6.07, 6.45) is 0. The lowest BCUT2D eigenvalue weighted by Gasteiger charge is -1.98. The number of halogens is 2. The van der Waals surface area contributed by atoms with E-state index in [0.29, 0.717) is 11.0 Å². The van der Waals surface area contributed by atoms with Gasteiger partial charge >= 0.3 is 0 Å². The first kappa shape index (κ1) is 12.2. The average molecular weight is 225 g/mol. The van der Waals surface area contributed by atoms with Gasteiger partial charge in [0, 0.05) is 6.07 Å². The van der Waals surface area contributed by atoms with Gasteiger partial charge < -0.3 is 10.6 Å². The highest BCUT2D eigenvalue weighted by Gasteiger charge is 2.02. The van der Waals surface area contributed by atoms with E-state index in [-0.39, 0.29) is 24.9 Å². The minimum atomic E-state index is -0.152. The summed E-state index contributed by atoms with van der Waals surface area (Å²) >= 11 is 5.54. The summed E-state index contributed by atoms with van der Waals surface area (Å²) in [7, 11) is 1.69. The number of hydrogen-bond acceptors (Lipinski definition) is 3. The molecule has 74 valence electrons. The Labute approximate surface area is 86.6 Å². The quantitative estimate of drug-likeness (QED) is 0.707. The molecule has 0 fully saturated rings. The molecule has 0 radical (unpaired) electrons. The van der Waals surface area contributed by atoms with Crippen molar-refractivity contribution in [3.8, 4) is 0 Å². The lowest BCUT2D eigenvalue weighted by atomic mass is 10.5. The summed E-state index contributed by atoms with van der Waals surface area (Å²) in [5, 5.41) is 11.9. The summed E-state index contributed by atoms with van der Waals surface area (Å²) in [5.74, 6) is 0.279. The number of carbonyl (C=O) groups excluding carboxylic acids is 1. The van der Waals surface area contributed by atoms with E-state index in [1.165, 1.54) is 6.07 Å². The maximum absolute atomic E-state index is 11.0. The van der Waals surface area contributed by atoms with Gasteiger partial charge in [-0.25, -0.2) is 0 Å². The molecule has 1 heterocycles. The number of aromatic nitrogens is 2. The molecule has 5 nitrogen and oxygen atoms in total. The van der Waals surface area contributed by atoms with Crippen LogP contribution in [-0.4, -0.2) is 29.7 Å². The first-order valence-corrected chi connectivity index (χ1v) is 3.75. The molecular formula is C6H10Cl2N4O. The normalized spacial score (nSPS) is 9.08. The minimum Gasteiger partial charge on any atom is -0.311 e. The Balaban J connectivity index is 0.00000144. The number of H-pyrrole nitrogens is 1. The average Bonchev–Trinajstić information content (AvgIpc) is 2.36. The van der Waals surface area contributed by atoms with Gasteiger partial charge in [-0.1, -0.05) is 11.6 Å². The molecular weight excluding hydrogens is 215 g/mol. The summed E-state index contributed by atoms with van der Waals surface area (Å²) < 4.78 is 0. The second-order valence-electron chi connectivity index (χ2n) is 2.18. The Morgan fingerprint density at radius 1 is 1.77 bits per heavy atom. The van der Waals surface area contributed by atoms with Crippen LogP contribution in [0.25, 0.3) is 0 Å². The van der Waals surface area contributed by atoms with Crippen molar-refractivity contribution < 1.29 is 4.79 Å². The number of likely N-dealkylation sites (N-methyl/N-ethyl adjacent to an activating group) is 1. The zero-order valence-corrected chi connectivity index (χ0v) is 8.50. The molecule has 0 spiro atoms. The number of nitrogens with one attached hydrogen (secondary N) is 3. The third-order valence-corrected chi connectivity index (χ3v) is 1.35. The predicted octanol–water partition coefficient (Wildman–Crippen LogP) is 0.643. The molecule has 0 unspecified atom stereocenters. The van der Waals surface area contributed by atoms with Crippen LogP contribution in [0.4, 0.5) is 5.82 Å². The molecule has 1 rings (SSSR count). The van der Waals surface area contributed by atoms with Gasteiger partial charge in [-0.3, -0.25) is 9.89 Å². The topological polar surface area (TPSA) is 69.8 Å². The van der Waals surface area contributed by atoms with Crippen molar-refractivity contribution in [2.24, 2.45) is 0 Å². The lowest BCUT2D eigenvalue weighted by Crippen LogP contribution is -2.25. The molecule has 1 amide bonds. The maximum atomic E-state index is 11.0. The molecule has 0 aliphatic heterocycles. The fourth-order valence-electron chi connectivity index (χ4n) is 0.710. The number of hydrogen-bond donors (Lipinski definition) is 3. The Morgan fingerprint density at radius 2 is 2.46 bits per heavy atom. The Kier molecular flexibility index (Phi) is 5.45. The summed E-state index contributed by atoms with van der Waals surface area (Å²) in [4.78, 5) is 11.0. The van der Waals surface area contributed by atoms with Gasteiger partial charge in [-0.05, 0) is 7.05 Å². The largest absolute Gasteiger partial charge is 0.311 e. The van der Waals surface area contributed by atoms with Crippen molar-refractivity contribution >= 4 is 35.7 Å². The van der Waals surface area contributed by atoms with Gasteiger partial charge in [0.2, 0.25) is 5.91 Å². The van der Waals surface area contributed by atoms with Crippen LogP contribution in [0.1, 0.15) is 0 Å². The van der Waals surface area contributed by atoms with E-state index in [4.69, 9.17) is 11.6 Å². The molecule has 0 saturated carbocycles. The van der Waals surface area contributed by atoms with E-state index in [1.807, 2.05) is 0 Å². The Bertz CT molecular complexity index is 275. The summed E-state index contributed by atoms with van der Waals surface area (Å²) in [5.41, 5.74) is 0. The van der Waals surface area contributed by atoms with E-state index >= 15 is 0 Å². The predicted molar refractivity (Wildman–Crippen MR) is 53.4 cm³/mol. The Hall–Kier alpha value is -0.780. The van der Waals surface area contributed by atoms with Gasteiger partial charge in [0.1, 0.15) is 5.15 Å². The SMILES string of the molecule is CNCC(=O)Nc1cc(Cl)[nH]n1.Cl. The summed E-state index contributed by atoms with van der Waals surface area (Å²) in [6.45, 7) is 0.254. The van der Waals surface area contributed by atoms with E-state index < -0.39 is 0 Å². The molecule has 0 aliphatic carbocycles. The fourth-order valence-corrected chi connectivity index (χ4v) is 0.855. The van der Waals surface area contributed by atoms with Crippen LogP contribution >= 0.6 is 24.0 Å². The highest BCUT2D eigenvalue weighted by atomic mass is 35.5. The van der Waals surface area contributed by atoms with Gasteiger partial charge in [0.25, 0.3) is 0 Å². The van der Waals surface area contributed by atoms with Crippen LogP contribution in [0, 0.1) is 0 Å². The Morgan fingerprint density at radius 3 is 2.92 bits per heavy atom. The van der Waals surface area contributed by atoms with E-state index in [0.717, 1.165) is 0 Å². The lowest BCUT2D eigenvalue weighted by molar-refractivity contribution is -0.115. The number of amides is 1. The van der Waals surface area contributed by atoms with Gasteiger partial charge in [-0.15, -0.1) is 12.4 Å². The standard InChI is InChI=1S/C6H9ClN4O.ClH/c1-8-3-6(12)9-5-2-4(7)10-11-5;/h2,8H,3H2,1H3,(H2,9,10,11,12);1H. The van der Waals surface area contributed by atoms with E-state index in [2.05, 4.69) is 20.8 Å². The van der Waals surface area contributed by atoms with Crippen molar-refractivity contribution in [1.82, 2.24) is 15.5 Å². The number of aromatic amines is 1. The second kappa shape index (κ2) is 5.80. The van der Waals surface area contributed by atoms with Crippen molar-refractivity contribution in [1.29, 1.82) is 0 Å². The molecule has 0 atom stereocenters.